The topological polar surface area (TPSA) is 86.2 Å². The van der Waals surface area contributed by atoms with E-state index in [-0.39, 0.29) is 11.1 Å². The number of halogens is 1. The average Bonchev–Trinajstić information content (AvgIpc) is 2.16. The van der Waals surface area contributed by atoms with E-state index >= 15 is 0 Å². The van der Waals surface area contributed by atoms with Gasteiger partial charge in [-0.2, -0.15) is 0 Å². The number of carbonyl (C=O) groups is 2. The van der Waals surface area contributed by atoms with Crippen molar-refractivity contribution in [2.75, 3.05) is 0 Å². The zero-order valence-corrected chi connectivity index (χ0v) is 8.16. The molecule has 0 bridgehead atoms. The molecule has 0 aliphatic heterocycles. The van der Waals surface area contributed by atoms with Gasteiger partial charge in [-0.05, 0) is 13.0 Å². The molecule has 1 aromatic carbocycles. The second-order valence-electron chi connectivity index (χ2n) is 3.20. The maximum absolute atomic E-state index is 13.6. The van der Waals surface area contributed by atoms with Gasteiger partial charge in [-0.3, -0.25) is 9.59 Å². The maximum Gasteiger partial charge on any atom is 0.251 e. The Labute approximate surface area is 86.1 Å². The first-order valence-electron chi connectivity index (χ1n) is 4.32. The second-order valence-corrected chi connectivity index (χ2v) is 3.20. The highest BCUT2D eigenvalue weighted by molar-refractivity contribution is 5.93. The summed E-state index contributed by atoms with van der Waals surface area (Å²) in [5.41, 5.74) is 9.85. The molecule has 0 spiro atoms. The third-order valence-electron chi connectivity index (χ3n) is 2.19. The van der Waals surface area contributed by atoms with E-state index in [4.69, 9.17) is 11.5 Å². The van der Waals surface area contributed by atoms with Crippen molar-refractivity contribution < 1.29 is 14.0 Å². The smallest absolute Gasteiger partial charge is 0.251 e. The minimum absolute atomic E-state index is 0.0822. The SMILES string of the molecule is C[C@H](C(N)=O)c1cccc(C(N)=O)c1F. The van der Waals surface area contributed by atoms with Crippen LogP contribution in [-0.2, 0) is 4.79 Å². The molecule has 1 atom stereocenters. The standard InChI is InChI=1S/C10H11FN2O2/c1-5(9(12)14)6-3-2-4-7(8(6)11)10(13)15/h2-5H,1H3,(H2,12,14)(H2,13,15)/t5-/m0/s1. The molecule has 0 radical (unpaired) electrons. The van der Waals surface area contributed by atoms with Crippen molar-refractivity contribution in [3.63, 3.8) is 0 Å². The van der Waals surface area contributed by atoms with Gasteiger partial charge in [-0.15, -0.1) is 0 Å². The molecule has 2 amide bonds. The summed E-state index contributed by atoms with van der Waals surface area (Å²) >= 11 is 0. The van der Waals surface area contributed by atoms with Gasteiger partial charge in [0.1, 0.15) is 5.82 Å². The highest BCUT2D eigenvalue weighted by Crippen LogP contribution is 2.21. The molecule has 0 heterocycles. The van der Waals surface area contributed by atoms with Crippen molar-refractivity contribution in [3.8, 4) is 0 Å². The van der Waals surface area contributed by atoms with Crippen molar-refractivity contribution in [1.29, 1.82) is 0 Å². The third kappa shape index (κ3) is 2.12. The summed E-state index contributed by atoms with van der Waals surface area (Å²) in [5.74, 6) is -3.10. The zero-order valence-electron chi connectivity index (χ0n) is 8.16. The van der Waals surface area contributed by atoms with Crippen molar-refractivity contribution >= 4 is 11.8 Å². The van der Waals surface area contributed by atoms with Crippen LogP contribution in [-0.4, -0.2) is 11.8 Å². The first-order chi connectivity index (χ1) is 6.95. The van der Waals surface area contributed by atoms with Crippen LogP contribution in [0.1, 0.15) is 28.8 Å². The van der Waals surface area contributed by atoms with E-state index < -0.39 is 23.5 Å². The van der Waals surface area contributed by atoms with Gasteiger partial charge in [0.05, 0.1) is 11.5 Å². The van der Waals surface area contributed by atoms with Crippen LogP contribution in [0.4, 0.5) is 4.39 Å². The van der Waals surface area contributed by atoms with Gasteiger partial charge in [-0.1, -0.05) is 12.1 Å². The number of primary amides is 2. The van der Waals surface area contributed by atoms with Gasteiger partial charge in [0.15, 0.2) is 0 Å². The summed E-state index contributed by atoms with van der Waals surface area (Å²) in [4.78, 5) is 21.7. The number of amides is 2. The monoisotopic (exact) mass is 210 g/mol. The lowest BCUT2D eigenvalue weighted by Gasteiger charge is -2.10. The molecular formula is C10H11FN2O2. The minimum Gasteiger partial charge on any atom is -0.369 e. The van der Waals surface area contributed by atoms with Crippen LogP contribution in [0.3, 0.4) is 0 Å². The zero-order chi connectivity index (χ0) is 11.6. The molecule has 4 nitrogen and oxygen atoms in total. The van der Waals surface area contributed by atoms with Crippen LogP contribution in [0, 0.1) is 5.82 Å². The van der Waals surface area contributed by atoms with Crippen LogP contribution in [0.5, 0.6) is 0 Å². The predicted molar refractivity (Wildman–Crippen MR) is 52.5 cm³/mol. The van der Waals surface area contributed by atoms with Gasteiger partial charge >= 0.3 is 0 Å². The fourth-order valence-electron chi connectivity index (χ4n) is 1.23. The maximum atomic E-state index is 13.6. The Morgan fingerprint density at radius 3 is 2.40 bits per heavy atom. The van der Waals surface area contributed by atoms with E-state index in [9.17, 15) is 14.0 Å². The molecule has 4 N–H and O–H groups in total. The molecule has 0 fully saturated rings. The molecule has 1 rings (SSSR count). The fourth-order valence-corrected chi connectivity index (χ4v) is 1.23. The Morgan fingerprint density at radius 1 is 1.33 bits per heavy atom. The van der Waals surface area contributed by atoms with Crippen LogP contribution >= 0.6 is 0 Å². The molecule has 0 unspecified atom stereocenters. The summed E-state index contributed by atoms with van der Waals surface area (Å²) in [5, 5.41) is 0. The molecule has 1 aromatic rings. The number of carbonyl (C=O) groups excluding carboxylic acids is 2. The first kappa shape index (κ1) is 11.2. The van der Waals surface area contributed by atoms with Gasteiger partial charge in [0.25, 0.3) is 5.91 Å². The molecule has 0 saturated heterocycles. The molecule has 0 aromatic heterocycles. The number of hydrogen-bond donors (Lipinski definition) is 2. The Balaban J connectivity index is 3.26. The van der Waals surface area contributed by atoms with Gasteiger partial charge in [0.2, 0.25) is 5.91 Å². The molecule has 0 saturated carbocycles. The van der Waals surface area contributed by atoms with Gasteiger partial charge < -0.3 is 11.5 Å². The minimum atomic E-state index is -0.869. The Kier molecular flexibility index (Phi) is 3.04. The quantitative estimate of drug-likeness (QED) is 0.761. The van der Waals surface area contributed by atoms with Crippen LogP contribution in [0.2, 0.25) is 0 Å². The van der Waals surface area contributed by atoms with E-state index in [0.717, 1.165) is 0 Å². The largest absolute Gasteiger partial charge is 0.369 e. The highest BCUT2D eigenvalue weighted by atomic mass is 19.1. The number of benzene rings is 1. The molecular weight excluding hydrogens is 199 g/mol. The Bertz CT molecular complexity index is 418. The number of nitrogens with two attached hydrogens (primary N) is 2. The molecule has 80 valence electrons. The normalized spacial score (nSPS) is 12.1. The number of hydrogen-bond acceptors (Lipinski definition) is 2. The summed E-state index contributed by atoms with van der Waals surface area (Å²) in [6.07, 6.45) is 0. The fraction of sp³-hybridized carbons (Fsp3) is 0.200. The highest BCUT2D eigenvalue weighted by Gasteiger charge is 2.19. The van der Waals surface area contributed by atoms with Crippen molar-refractivity contribution in [2.24, 2.45) is 11.5 Å². The van der Waals surface area contributed by atoms with Crippen molar-refractivity contribution in [3.05, 3.63) is 35.1 Å². The lowest BCUT2D eigenvalue weighted by Crippen LogP contribution is -2.21. The summed E-state index contributed by atoms with van der Waals surface area (Å²) in [6, 6.07) is 4.12. The summed E-state index contributed by atoms with van der Waals surface area (Å²) in [6.45, 7) is 1.46. The van der Waals surface area contributed by atoms with Gasteiger partial charge in [0, 0.05) is 5.56 Å². The average molecular weight is 210 g/mol. The van der Waals surface area contributed by atoms with Crippen molar-refractivity contribution in [1.82, 2.24) is 0 Å². The predicted octanol–water partition coefficient (Wildman–Crippen LogP) is 0.513. The molecule has 15 heavy (non-hydrogen) atoms. The molecule has 0 aliphatic carbocycles. The third-order valence-corrected chi connectivity index (χ3v) is 2.19. The first-order valence-corrected chi connectivity index (χ1v) is 4.32. The Morgan fingerprint density at radius 2 is 1.93 bits per heavy atom. The van der Waals surface area contributed by atoms with E-state index in [1.165, 1.54) is 25.1 Å². The lowest BCUT2D eigenvalue weighted by molar-refractivity contribution is -0.119. The summed E-state index contributed by atoms with van der Waals surface area (Å²) < 4.78 is 13.6. The summed E-state index contributed by atoms with van der Waals surface area (Å²) in [7, 11) is 0. The lowest BCUT2D eigenvalue weighted by atomic mass is 9.97. The second kappa shape index (κ2) is 4.08. The Hall–Kier alpha value is -1.91. The number of rotatable bonds is 3. The van der Waals surface area contributed by atoms with Crippen molar-refractivity contribution in [2.45, 2.75) is 12.8 Å². The van der Waals surface area contributed by atoms with E-state index in [1.807, 2.05) is 0 Å². The molecule has 0 aliphatic rings. The van der Waals surface area contributed by atoms with Crippen LogP contribution < -0.4 is 11.5 Å². The van der Waals surface area contributed by atoms with E-state index in [2.05, 4.69) is 0 Å². The van der Waals surface area contributed by atoms with Crippen LogP contribution in [0.25, 0.3) is 0 Å². The van der Waals surface area contributed by atoms with Gasteiger partial charge in [-0.25, -0.2) is 4.39 Å². The van der Waals surface area contributed by atoms with Crippen LogP contribution in [0.15, 0.2) is 18.2 Å². The molecule has 5 heteroatoms. The van der Waals surface area contributed by atoms with E-state index in [0.29, 0.717) is 0 Å². The van der Waals surface area contributed by atoms with E-state index in [1.54, 1.807) is 0 Å².